The molecule has 0 radical (unpaired) electrons. The van der Waals surface area contributed by atoms with Crippen LogP contribution in [0.5, 0.6) is 0 Å². The van der Waals surface area contributed by atoms with Crippen molar-refractivity contribution in [2.45, 2.75) is 65.7 Å². The number of carbonyl (C=O) groups excluding carboxylic acids is 4. The van der Waals surface area contributed by atoms with Crippen LogP contribution in [0.3, 0.4) is 0 Å². The summed E-state index contributed by atoms with van der Waals surface area (Å²) in [5.41, 5.74) is -0.347. The molecule has 2 N–H and O–H groups in total. The Morgan fingerprint density at radius 1 is 1.06 bits per heavy atom. The summed E-state index contributed by atoms with van der Waals surface area (Å²) in [4.78, 5) is 63.1. The average Bonchev–Trinajstić information content (AvgIpc) is 3.01. The summed E-state index contributed by atoms with van der Waals surface area (Å²) < 4.78 is 22.6. The lowest BCUT2D eigenvalue weighted by Gasteiger charge is -2.24. The van der Waals surface area contributed by atoms with E-state index < -0.39 is 54.0 Å². The Kier molecular flexibility index (Phi) is 9.05. The van der Waals surface area contributed by atoms with Gasteiger partial charge in [-0.05, 0) is 6.54 Å². The average molecular weight is 468 g/mol. The normalized spacial score (nSPS) is 21.8. The Morgan fingerprint density at radius 2 is 1.70 bits per heavy atom. The third-order valence-electron chi connectivity index (χ3n) is 4.50. The highest BCUT2D eigenvalue weighted by atomic mass is 16.7. The van der Waals surface area contributed by atoms with Gasteiger partial charge in [-0.1, -0.05) is 6.92 Å². The molecule has 0 spiro atoms. The summed E-state index contributed by atoms with van der Waals surface area (Å²) in [5, 5.41) is 5.58. The maximum absolute atomic E-state index is 12.8. The summed E-state index contributed by atoms with van der Waals surface area (Å²) in [7, 11) is 0. The maximum Gasteiger partial charge on any atom is 0.351 e. The van der Waals surface area contributed by atoms with Crippen LogP contribution in [-0.4, -0.2) is 64.8 Å². The minimum atomic E-state index is -1.24. The fourth-order valence-electron chi connectivity index (χ4n) is 3.27. The molecule has 0 saturated carbocycles. The minimum Gasteiger partial charge on any atom is -0.463 e. The van der Waals surface area contributed by atoms with Crippen molar-refractivity contribution in [1.29, 1.82) is 0 Å². The molecule has 33 heavy (non-hydrogen) atoms. The molecule has 2 heterocycles. The quantitative estimate of drug-likeness (QED) is 0.359. The molecule has 0 bridgehead atoms. The standard InChI is InChI=1S/C20H28N4O9/c1-6-21-7-14-8-24(20(29)23-18(14)22-10(2)25)19-17(32-13(5)28)16(31-12(4)27)15(33-19)9-30-11(3)26/h8,15-17,19,21H,6-7,9H2,1-5H3,(H,22,23,25,29)/t15-,16-,17-,19-/m1/s1. The number of anilines is 1. The van der Waals surface area contributed by atoms with Crippen LogP contribution in [0.4, 0.5) is 5.82 Å². The SMILES string of the molecule is CCNCc1cn([C@@H]2O[C@H](COC(C)=O)[C@@H](OC(C)=O)[C@H]2OC(C)=O)c(=O)nc1NC(C)=O. The second-order valence-electron chi connectivity index (χ2n) is 7.28. The number of rotatable bonds is 9. The van der Waals surface area contributed by atoms with Gasteiger partial charge in [-0.25, -0.2) is 4.79 Å². The highest BCUT2D eigenvalue weighted by molar-refractivity contribution is 5.88. The molecular formula is C20H28N4O9. The number of hydrogen-bond donors (Lipinski definition) is 2. The van der Waals surface area contributed by atoms with Crippen LogP contribution >= 0.6 is 0 Å². The van der Waals surface area contributed by atoms with Crippen molar-refractivity contribution >= 4 is 29.6 Å². The van der Waals surface area contributed by atoms with Crippen LogP contribution in [0.15, 0.2) is 11.0 Å². The van der Waals surface area contributed by atoms with Crippen LogP contribution in [0.2, 0.25) is 0 Å². The van der Waals surface area contributed by atoms with Gasteiger partial charge in [-0.2, -0.15) is 4.98 Å². The highest BCUT2D eigenvalue weighted by Crippen LogP contribution is 2.34. The van der Waals surface area contributed by atoms with Gasteiger partial charge in [0.1, 0.15) is 18.5 Å². The number of carbonyl (C=O) groups is 4. The molecule has 1 aliphatic heterocycles. The molecule has 1 amide bonds. The molecule has 1 fully saturated rings. The molecule has 13 heteroatoms. The number of esters is 3. The van der Waals surface area contributed by atoms with E-state index >= 15 is 0 Å². The van der Waals surface area contributed by atoms with Crippen LogP contribution in [0, 0.1) is 0 Å². The molecule has 1 aromatic heterocycles. The Bertz CT molecular complexity index is 961. The molecule has 0 aliphatic carbocycles. The molecule has 1 saturated heterocycles. The minimum absolute atomic E-state index is 0.0692. The predicted octanol–water partition coefficient (Wildman–Crippen LogP) is -0.365. The van der Waals surface area contributed by atoms with Gasteiger partial charge in [-0.3, -0.25) is 23.7 Å². The van der Waals surface area contributed by atoms with E-state index in [4.69, 9.17) is 18.9 Å². The number of amides is 1. The predicted molar refractivity (Wildman–Crippen MR) is 112 cm³/mol. The van der Waals surface area contributed by atoms with Crippen molar-refractivity contribution in [2.24, 2.45) is 0 Å². The molecule has 1 aromatic rings. The first-order valence-corrected chi connectivity index (χ1v) is 10.3. The lowest BCUT2D eigenvalue weighted by atomic mass is 10.1. The number of ether oxygens (including phenoxy) is 4. The van der Waals surface area contributed by atoms with Crippen LogP contribution < -0.4 is 16.3 Å². The van der Waals surface area contributed by atoms with Crippen LogP contribution in [-0.2, 0) is 44.7 Å². The lowest BCUT2D eigenvalue weighted by Crippen LogP contribution is -2.42. The van der Waals surface area contributed by atoms with Gasteiger partial charge in [-0.15, -0.1) is 0 Å². The fraction of sp³-hybridized carbons (Fsp3) is 0.600. The molecular weight excluding hydrogens is 440 g/mol. The van der Waals surface area contributed by atoms with E-state index in [0.29, 0.717) is 12.1 Å². The van der Waals surface area contributed by atoms with E-state index in [-0.39, 0.29) is 19.0 Å². The smallest absolute Gasteiger partial charge is 0.351 e. The van der Waals surface area contributed by atoms with Crippen molar-refractivity contribution in [3.63, 3.8) is 0 Å². The summed E-state index contributed by atoms with van der Waals surface area (Å²) >= 11 is 0. The summed E-state index contributed by atoms with van der Waals surface area (Å²) in [6, 6.07) is 0. The van der Waals surface area contributed by atoms with Crippen LogP contribution in [0.25, 0.3) is 0 Å². The van der Waals surface area contributed by atoms with E-state index in [1.54, 1.807) is 0 Å². The van der Waals surface area contributed by atoms with Crippen molar-refractivity contribution in [3.05, 3.63) is 22.2 Å². The summed E-state index contributed by atoms with van der Waals surface area (Å²) in [6.45, 7) is 7.22. The van der Waals surface area contributed by atoms with Gasteiger partial charge in [0.05, 0.1) is 0 Å². The zero-order chi connectivity index (χ0) is 24.7. The van der Waals surface area contributed by atoms with Gasteiger partial charge in [0.2, 0.25) is 5.91 Å². The Balaban J connectivity index is 2.53. The number of aromatic nitrogens is 2. The third-order valence-corrected chi connectivity index (χ3v) is 4.50. The van der Waals surface area contributed by atoms with E-state index in [0.717, 1.165) is 18.4 Å². The van der Waals surface area contributed by atoms with E-state index in [9.17, 15) is 24.0 Å². The van der Waals surface area contributed by atoms with E-state index in [1.165, 1.54) is 20.0 Å². The molecule has 4 atom stereocenters. The first-order valence-electron chi connectivity index (χ1n) is 10.3. The Labute approximate surface area is 189 Å². The second kappa shape index (κ2) is 11.5. The topological polar surface area (TPSA) is 164 Å². The Morgan fingerprint density at radius 3 is 2.24 bits per heavy atom. The van der Waals surface area contributed by atoms with Gasteiger partial charge >= 0.3 is 23.6 Å². The molecule has 0 aromatic carbocycles. The molecule has 1 aliphatic rings. The number of hydrogen-bond acceptors (Lipinski definition) is 11. The van der Waals surface area contributed by atoms with Crippen molar-refractivity contribution in [1.82, 2.24) is 14.9 Å². The third kappa shape index (κ3) is 7.08. The largest absolute Gasteiger partial charge is 0.463 e. The van der Waals surface area contributed by atoms with Gasteiger partial charge < -0.3 is 29.6 Å². The highest BCUT2D eigenvalue weighted by Gasteiger charge is 2.51. The lowest BCUT2D eigenvalue weighted by molar-refractivity contribution is -0.166. The monoisotopic (exact) mass is 468 g/mol. The van der Waals surface area contributed by atoms with Gasteiger partial charge in [0.25, 0.3) is 0 Å². The fourth-order valence-corrected chi connectivity index (χ4v) is 3.27. The van der Waals surface area contributed by atoms with Gasteiger partial charge in [0, 0.05) is 46.0 Å². The second-order valence-corrected chi connectivity index (χ2v) is 7.28. The van der Waals surface area contributed by atoms with Crippen molar-refractivity contribution in [2.75, 3.05) is 18.5 Å². The van der Waals surface area contributed by atoms with E-state index in [1.807, 2.05) is 6.92 Å². The zero-order valence-corrected chi connectivity index (χ0v) is 19.1. The Hall–Kier alpha value is -3.32. The molecule has 2 rings (SSSR count). The molecule has 182 valence electrons. The van der Waals surface area contributed by atoms with Crippen LogP contribution in [0.1, 0.15) is 46.4 Å². The number of nitrogens with zero attached hydrogens (tertiary/aromatic N) is 2. The zero-order valence-electron chi connectivity index (χ0n) is 19.1. The maximum atomic E-state index is 12.8. The van der Waals surface area contributed by atoms with E-state index in [2.05, 4.69) is 15.6 Å². The summed E-state index contributed by atoms with van der Waals surface area (Å²) in [5.74, 6) is -2.33. The van der Waals surface area contributed by atoms with Crippen molar-refractivity contribution < 1.29 is 38.1 Å². The van der Waals surface area contributed by atoms with Crippen molar-refractivity contribution in [3.8, 4) is 0 Å². The first-order chi connectivity index (χ1) is 15.5. The first kappa shape index (κ1) is 25.9. The number of nitrogens with one attached hydrogen (secondary N) is 2. The molecule has 13 nitrogen and oxygen atoms in total. The summed E-state index contributed by atoms with van der Waals surface area (Å²) in [6.07, 6.45) is -3.25. The van der Waals surface area contributed by atoms with Gasteiger partial charge in [0.15, 0.2) is 18.4 Å². The molecule has 0 unspecified atom stereocenters.